The molecule has 0 saturated carbocycles. The van der Waals surface area contributed by atoms with Gasteiger partial charge in [-0.2, -0.15) is 0 Å². The molecule has 1 heterocycles. The van der Waals surface area contributed by atoms with Crippen LogP contribution in [0.5, 0.6) is 5.75 Å². The van der Waals surface area contributed by atoms with E-state index in [1.165, 1.54) is 0 Å². The molecule has 1 aromatic heterocycles. The Balaban J connectivity index is 2.15. The molecular formula is C10H7FN2O2S. The maximum atomic E-state index is 12.4. The Labute approximate surface area is 94.8 Å². The van der Waals surface area contributed by atoms with Gasteiger partial charge < -0.3 is 4.74 Å². The lowest BCUT2D eigenvalue weighted by Gasteiger charge is -2.01. The van der Waals surface area contributed by atoms with Crippen molar-refractivity contribution in [3.63, 3.8) is 0 Å². The second kappa shape index (κ2) is 4.80. The molecule has 0 unspecified atom stereocenters. The van der Waals surface area contributed by atoms with Gasteiger partial charge in [-0.25, -0.2) is 9.18 Å². The van der Waals surface area contributed by atoms with E-state index in [1.807, 2.05) is 0 Å². The number of aromatic nitrogens is 2. The van der Waals surface area contributed by atoms with Crippen molar-refractivity contribution in [1.82, 2.24) is 9.59 Å². The fourth-order valence-electron chi connectivity index (χ4n) is 1.10. The zero-order chi connectivity index (χ0) is 11.4. The van der Waals surface area contributed by atoms with Crippen LogP contribution in [0, 0.1) is 0 Å². The van der Waals surface area contributed by atoms with Crippen LogP contribution in [-0.2, 0) is 6.67 Å². The van der Waals surface area contributed by atoms with E-state index < -0.39 is 12.6 Å². The number of benzene rings is 1. The first-order valence-electron chi connectivity index (χ1n) is 4.45. The van der Waals surface area contributed by atoms with Crippen LogP contribution in [0.2, 0.25) is 0 Å². The number of carbonyl (C=O) groups excluding carboxylic acids is 1. The molecule has 0 bridgehead atoms. The van der Waals surface area contributed by atoms with Crippen molar-refractivity contribution >= 4 is 17.5 Å². The summed E-state index contributed by atoms with van der Waals surface area (Å²) in [5.74, 6) is -0.294. The van der Waals surface area contributed by atoms with Gasteiger partial charge in [-0.05, 0) is 23.7 Å². The number of halogens is 1. The highest BCUT2D eigenvalue weighted by Gasteiger charge is 2.18. The van der Waals surface area contributed by atoms with Gasteiger partial charge in [-0.3, -0.25) is 0 Å². The molecule has 2 rings (SSSR count). The monoisotopic (exact) mass is 238 g/mol. The van der Waals surface area contributed by atoms with E-state index in [0.29, 0.717) is 5.75 Å². The van der Waals surface area contributed by atoms with Crippen LogP contribution in [0.25, 0.3) is 0 Å². The zero-order valence-electron chi connectivity index (χ0n) is 8.09. The SMILES string of the molecule is O=C(Oc1ccccc1)c1nnsc1CF. The minimum Gasteiger partial charge on any atom is -0.422 e. The molecule has 6 heteroatoms. The van der Waals surface area contributed by atoms with E-state index in [9.17, 15) is 9.18 Å². The number of carbonyl (C=O) groups is 1. The summed E-state index contributed by atoms with van der Waals surface area (Å²) in [5, 5.41) is 3.54. The van der Waals surface area contributed by atoms with Crippen molar-refractivity contribution in [1.29, 1.82) is 0 Å². The van der Waals surface area contributed by atoms with Gasteiger partial charge in [0.2, 0.25) is 0 Å². The van der Waals surface area contributed by atoms with Crippen LogP contribution in [0.15, 0.2) is 30.3 Å². The highest BCUT2D eigenvalue weighted by molar-refractivity contribution is 7.05. The van der Waals surface area contributed by atoms with Gasteiger partial charge in [0, 0.05) is 0 Å². The first kappa shape index (κ1) is 10.7. The van der Waals surface area contributed by atoms with Crippen molar-refractivity contribution in [3.8, 4) is 5.75 Å². The maximum Gasteiger partial charge on any atom is 0.365 e. The Kier molecular flexibility index (Phi) is 3.21. The van der Waals surface area contributed by atoms with E-state index in [0.717, 1.165) is 11.5 Å². The molecule has 0 amide bonds. The Hall–Kier alpha value is -1.82. The van der Waals surface area contributed by atoms with Gasteiger partial charge in [-0.1, -0.05) is 22.7 Å². The molecule has 0 radical (unpaired) electrons. The summed E-state index contributed by atoms with van der Waals surface area (Å²) in [6, 6.07) is 8.53. The predicted octanol–water partition coefficient (Wildman–Crippen LogP) is 2.23. The van der Waals surface area contributed by atoms with Gasteiger partial charge in [0.25, 0.3) is 0 Å². The van der Waals surface area contributed by atoms with Gasteiger partial charge >= 0.3 is 5.97 Å². The number of alkyl halides is 1. The Morgan fingerprint density at radius 1 is 1.38 bits per heavy atom. The van der Waals surface area contributed by atoms with Gasteiger partial charge in [0.15, 0.2) is 5.69 Å². The molecule has 0 atom stereocenters. The molecule has 0 aliphatic rings. The number of nitrogens with zero attached hydrogens (tertiary/aromatic N) is 2. The van der Waals surface area contributed by atoms with Crippen molar-refractivity contribution < 1.29 is 13.9 Å². The van der Waals surface area contributed by atoms with Crippen molar-refractivity contribution in [2.24, 2.45) is 0 Å². The van der Waals surface area contributed by atoms with Gasteiger partial charge in [-0.15, -0.1) is 5.10 Å². The van der Waals surface area contributed by atoms with E-state index >= 15 is 0 Å². The molecule has 0 N–H and O–H groups in total. The summed E-state index contributed by atoms with van der Waals surface area (Å²) in [6.07, 6.45) is 0. The smallest absolute Gasteiger partial charge is 0.365 e. The number of hydrogen-bond donors (Lipinski definition) is 0. The quantitative estimate of drug-likeness (QED) is 0.607. The van der Waals surface area contributed by atoms with Gasteiger partial charge in [0.05, 0.1) is 4.88 Å². The first-order valence-corrected chi connectivity index (χ1v) is 5.23. The third-order valence-electron chi connectivity index (χ3n) is 1.82. The average molecular weight is 238 g/mol. The van der Waals surface area contributed by atoms with Crippen LogP contribution in [-0.4, -0.2) is 15.6 Å². The molecule has 2 aromatic rings. The third kappa shape index (κ3) is 2.22. The number of ether oxygens (including phenoxy) is 1. The first-order chi connectivity index (χ1) is 7.81. The van der Waals surface area contributed by atoms with E-state index in [2.05, 4.69) is 9.59 Å². The number of esters is 1. The van der Waals surface area contributed by atoms with Crippen LogP contribution < -0.4 is 4.74 Å². The molecule has 82 valence electrons. The predicted molar refractivity (Wildman–Crippen MR) is 56.1 cm³/mol. The maximum absolute atomic E-state index is 12.4. The minimum absolute atomic E-state index is 0.0589. The highest BCUT2D eigenvalue weighted by Crippen LogP contribution is 2.16. The molecule has 0 spiro atoms. The molecule has 4 nitrogen and oxygen atoms in total. The van der Waals surface area contributed by atoms with Crippen LogP contribution >= 0.6 is 11.5 Å². The Bertz CT molecular complexity index is 487. The molecule has 0 aliphatic carbocycles. The summed E-state index contributed by atoms with van der Waals surface area (Å²) >= 11 is 0.851. The number of rotatable bonds is 3. The Morgan fingerprint density at radius 2 is 2.12 bits per heavy atom. The largest absolute Gasteiger partial charge is 0.422 e. The van der Waals surface area contributed by atoms with Gasteiger partial charge in [0.1, 0.15) is 12.4 Å². The second-order valence-electron chi connectivity index (χ2n) is 2.88. The topological polar surface area (TPSA) is 52.1 Å². The van der Waals surface area contributed by atoms with E-state index in [4.69, 9.17) is 4.74 Å². The summed E-state index contributed by atoms with van der Waals surface area (Å²) in [5.41, 5.74) is -0.0589. The molecular weight excluding hydrogens is 231 g/mol. The third-order valence-corrected chi connectivity index (χ3v) is 2.51. The standard InChI is InChI=1S/C10H7FN2O2S/c11-6-8-9(12-13-16-8)10(14)15-7-4-2-1-3-5-7/h1-5H,6H2. The lowest BCUT2D eigenvalue weighted by atomic mass is 10.3. The van der Waals surface area contributed by atoms with Crippen LogP contribution in [0.1, 0.15) is 15.4 Å². The average Bonchev–Trinajstić information content (AvgIpc) is 2.78. The summed E-state index contributed by atoms with van der Waals surface area (Å²) < 4.78 is 20.9. The van der Waals surface area contributed by atoms with E-state index in [-0.39, 0.29) is 10.6 Å². The molecule has 0 saturated heterocycles. The molecule has 0 aliphatic heterocycles. The minimum atomic E-state index is -0.767. The van der Waals surface area contributed by atoms with Crippen LogP contribution in [0.3, 0.4) is 0 Å². The normalized spacial score (nSPS) is 10.1. The molecule has 0 fully saturated rings. The highest BCUT2D eigenvalue weighted by atomic mass is 32.1. The summed E-state index contributed by atoms with van der Waals surface area (Å²) in [7, 11) is 0. The Morgan fingerprint density at radius 3 is 2.81 bits per heavy atom. The second-order valence-corrected chi connectivity index (χ2v) is 3.72. The molecule has 1 aromatic carbocycles. The van der Waals surface area contributed by atoms with E-state index in [1.54, 1.807) is 30.3 Å². The van der Waals surface area contributed by atoms with Crippen molar-refractivity contribution in [2.45, 2.75) is 6.67 Å². The number of hydrogen-bond acceptors (Lipinski definition) is 5. The lowest BCUT2D eigenvalue weighted by Crippen LogP contribution is -2.10. The van der Waals surface area contributed by atoms with Crippen molar-refractivity contribution in [3.05, 3.63) is 40.9 Å². The van der Waals surface area contributed by atoms with Crippen molar-refractivity contribution in [2.75, 3.05) is 0 Å². The zero-order valence-corrected chi connectivity index (χ0v) is 8.91. The number of para-hydroxylation sites is 1. The summed E-state index contributed by atoms with van der Waals surface area (Å²) in [6.45, 7) is -0.767. The lowest BCUT2D eigenvalue weighted by molar-refractivity contribution is 0.0726. The van der Waals surface area contributed by atoms with Crippen LogP contribution in [0.4, 0.5) is 4.39 Å². The molecule has 16 heavy (non-hydrogen) atoms. The summed E-state index contributed by atoms with van der Waals surface area (Å²) in [4.78, 5) is 11.8. The fourth-order valence-corrected chi connectivity index (χ4v) is 1.58. The fraction of sp³-hybridized carbons (Fsp3) is 0.100.